The molecule has 0 saturated carbocycles. The lowest BCUT2D eigenvalue weighted by Gasteiger charge is -2.11. The minimum absolute atomic E-state index is 0.179. The molecule has 0 aliphatic rings. The number of nitrogens with two attached hydrogens (primary N) is 1. The van der Waals surface area contributed by atoms with Gasteiger partial charge in [0.2, 0.25) is 0 Å². The maximum Gasteiger partial charge on any atom is 0.310 e. The molecule has 158 valence electrons. The fourth-order valence-corrected chi connectivity index (χ4v) is 3.50. The number of esters is 1. The van der Waals surface area contributed by atoms with Crippen molar-refractivity contribution < 1.29 is 14.3 Å². The molecule has 0 aliphatic heterocycles. The van der Waals surface area contributed by atoms with Gasteiger partial charge in [-0.15, -0.1) is 0 Å². The number of imidazole rings is 1. The Morgan fingerprint density at radius 2 is 1.94 bits per heavy atom. The summed E-state index contributed by atoms with van der Waals surface area (Å²) >= 11 is 0. The quantitative estimate of drug-likeness (QED) is 0.438. The zero-order chi connectivity index (χ0) is 21.6. The summed E-state index contributed by atoms with van der Waals surface area (Å²) in [4.78, 5) is 16.4. The lowest BCUT2D eigenvalue weighted by Crippen LogP contribution is -2.09. The van der Waals surface area contributed by atoms with Gasteiger partial charge in [0.15, 0.2) is 0 Å². The van der Waals surface area contributed by atoms with Gasteiger partial charge in [-0.1, -0.05) is 36.4 Å². The third-order valence-corrected chi connectivity index (χ3v) is 5.07. The highest BCUT2D eigenvalue weighted by atomic mass is 16.5. The molecule has 4 aromatic rings. The predicted octanol–water partition coefficient (Wildman–Crippen LogP) is 4.14. The van der Waals surface area contributed by atoms with Crippen LogP contribution in [-0.4, -0.2) is 22.0 Å². The number of rotatable bonds is 8. The van der Waals surface area contributed by atoms with Gasteiger partial charge in [0.05, 0.1) is 24.9 Å². The smallest absolute Gasteiger partial charge is 0.310 e. The Morgan fingerprint density at radius 3 is 2.77 bits per heavy atom. The predicted molar refractivity (Wildman–Crippen MR) is 120 cm³/mol. The second kappa shape index (κ2) is 9.45. The van der Waals surface area contributed by atoms with Crippen LogP contribution in [0.25, 0.3) is 16.8 Å². The number of hydrogen-bond donors (Lipinski definition) is 1. The summed E-state index contributed by atoms with van der Waals surface area (Å²) < 4.78 is 13.2. The third kappa shape index (κ3) is 4.75. The molecular weight excluding hydrogens is 390 g/mol. The van der Waals surface area contributed by atoms with Crippen LogP contribution in [0.4, 0.5) is 0 Å². The van der Waals surface area contributed by atoms with Crippen LogP contribution in [-0.2, 0) is 29.1 Å². The van der Waals surface area contributed by atoms with E-state index in [2.05, 4.69) is 29.4 Å². The molecule has 2 heterocycles. The highest BCUT2D eigenvalue weighted by molar-refractivity contribution is 5.73. The summed E-state index contributed by atoms with van der Waals surface area (Å²) in [6.45, 7) is 2.99. The van der Waals surface area contributed by atoms with E-state index in [-0.39, 0.29) is 12.4 Å². The highest BCUT2D eigenvalue weighted by Crippen LogP contribution is 2.24. The first kappa shape index (κ1) is 20.6. The van der Waals surface area contributed by atoms with Crippen molar-refractivity contribution in [2.75, 3.05) is 6.61 Å². The number of hydrogen-bond acceptors (Lipinski definition) is 5. The second-order valence-electron chi connectivity index (χ2n) is 7.18. The molecule has 2 N–H and O–H groups in total. The van der Waals surface area contributed by atoms with Crippen molar-refractivity contribution in [2.24, 2.45) is 5.73 Å². The number of ether oxygens (including phenoxy) is 2. The average Bonchev–Trinajstić information content (AvgIpc) is 3.21. The molecule has 0 radical (unpaired) electrons. The van der Waals surface area contributed by atoms with Crippen LogP contribution in [0.2, 0.25) is 0 Å². The maximum atomic E-state index is 11.9. The molecule has 0 unspecified atom stereocenters. The van der Waals surface area contributed by atoms with E-state index >= 15 is 0 Å². The van der Waals surface area contributed by atoms with Crippen LogP contribution in [0.1, 0.15) is 23.7 Å². The van der Waals surface area contributed by atoms with E-state index < -0.39 is 0 Å². The minimum atomic E-state index is -0.266. The number of benzene rings is 2. The van der Waals surface area contributed by atoms with Gasteiger partial charge >= 0.3 is 5.97 Å². The highest BCUT2D eigenvalue weighted by Gasteiger charge is 2.11. The van der Waals surface area contributed by atoms with Crippen LogP contribution in [0, 0.1) is 0 Å². The summed E-state index contributed by atoms with van der Waals surface area (Å²) in [7, 11) is 0. The van der Waals surface area contributed by atoms with E-state index in [1.807, 2.05) is 53.1 Å². The normalized spacial score (nSPS) is 10.9. The summed E-state index contributed by atoms with van der Waals surface area (Å²) in [6.07, 6.45) is 4.04. The zero-order valence-electron chi connectivity index (χ0n) is 17.5. The van der Waals surface area contributed by atoms with Gasteiger partial charge in [-0.2, -0.15) is 0 Å². The molecule has 0 aliphatic carbocycles. The van der Waals surface area contributed by atoms with Crippen LogP contribution >= 0.6 is 0 Å². The second-order valence-corrected chi connectivity index (χ2v) is 7.18. The van der Waals surface area contributed by atoms with Crippen molar-refractivity contribution in [3.05, 3.63) is 89.9 Å². The van der Waals surface area contributed by atoms with E-state index in [4.69, 9.17) is 15.2 Å². The fourth-order valence-electron chi connectivity index (χ4n) is 3.50. The number of nitrogens with zero attached hydrogens (tertiary/aromatic N) is 2. The van der Waals surface area contributed by atoms with Gasteiger partial charge in [0.25, 0.3) is 0 Å². The zero-order valence-corrected chi connectivity index (χ0v) is 17.5. The van der Waals surface area contributed by atoms with E-state index in [1.165, 1.54) is 0 Å². The van der Waals surface area contributed by atoms with Crippen molar-refractivity contribution in [2.45, 2.75) is 26.5 Å². The SMILES string of the molecule is CCOC(=O)Cc1ccccc1OCc1cnc2ccc(-c3cccc(CN)c3)cn12. The van der Waals surface area contributed by atoms with Gasteiger partial charge < -0.3 is 15.2 Å². The monoisotopic (exact) mass is 415 g/mol. The molecule has 6 nitrogen and oxygen atoms in total. The first-order valence-corrected chi connectivity index (χ1v) is 10.3. The summed E-state index contributed by atoms with van der Waals surface area (Å²) in [5, 5.41) is 0. The van der Waals surface area contributed by atoms with E-state index in [9.17, 15) is 4.79 Å². The Morgan fingerprint density at radius 1 is 1.06 bits per heavy atom. The summed E-state index contributed by atoms with van der Waals surface area (Å²) in [5.41, 5.74) is 11.6. The Kier molecular flexibility index (Phi) is 6.29. The van der Waals surface area contributed by atoms with Crippen LogP contribution in [0.5, 0.6) is 5.75 Å². The molecule has 2 aromatic heterocycles. The van der Waals surface area contributed by atoms with Crippen LogP contribution in [0.15, 0.2) is 73.1 Å². The van der Waals surface area contributed by atoms with Gasteiger partial charge in [-0.25, -0.2) is 4.98 Å². The molecule has 4 rings (SSSR count). The topological polar surface area (TPSA) is 78.8 Å². The number of fused-ring (bicyclic) bond motifs is 1. The first-order valence-electron chi connectivity index (χ1n) is 10.3. The maximum absolute atomic E-state index is 11.9. The Bertz CT molecular complexity index is 1200. The van der Waals surface area contributed by atoms with Gasteiger partial charge in [0.1, 0.15) is 18.0 Å². The van der Waals surface area contributed by atoms with Crippen LogP contribution < -0.4 is 10.5 Å². The molecular formula is C25H25N3O3. The molecule has 6 heteroatoms. The molecule has 0 amide bonds. The van der Waals surface area contributed by atoms with Gasteiger partial charge in [0, 0.05) is 18.3 Å². The number of pyridine rings is 1. The third-order valence-electron chi connectivity index (χ3n) is 5.07. The molecule has 0 spiro atoms. The number of carbonyl (C=O) groups is 1. The Hall–Kier alpha value is -3.64. The summed E-state index contributed by atoms with van der Waals surface area (Å²) in [5.74, 6) is 0.398. The first-order chi connectivity index (χ1) is 15.2. The molecule has 31 heavy (non-hydrogen) atoms. The van der Waals surface area contributed by atoms with E-state index in [0.29, 0.717) is 25.5 Å². The standard InChI is InChI=1S/C25H25N3O3/c1-2-30-25(29)13-20-7-3-4-9-23(20)31-17-22-15-27-24-11-10-21(16-28(22)24)19-8-5-6-18(12-19)14-26/h3-12,15-16H,2,13-14,17,26H2,1H3. The number of aromatic nitrogens is 2. The lowest BCUT2D eigenvalue weighted by molar-refractivity contribution is -0.142. The fraction of sp³-hybridized carbons (Fsp3) is 0.200. The van der Waals surface area contributed by atoms with Gasteiger partial charge in [-0.3, -0.25) is 9.20 Å². The molecule has 0 saturated heterocycles. The lowest BCUT2D eigenvalue weighted by atomic mass is 10.0. The van der Waals surface area contributed by atoms with Crippen molar-refractivity contribution in [1.82, 2.24) is 9.38 Å². The summed E-state index contributed by atoms with van der Waals surface area (Å²) in [6, 6.07) is 19.8. The number of carbonyl (C=O) groups excluding carboxylic acids is 1. The average molecular weight is 415 g/mol. The molecule has 0 fully saturated rings. The van der Waals surface area contributed by atoms with Crippen LogP contribution in [0.3, 0.4) is 0 Å². The van der Waals surface area contributed by atoms with Crippen molar-refractivity contribution in [3.8, 4) is 16.9 Å². The van der Waals surface area contributed by atoms with E-state index in [1.54, 1.807) is 6.92 Å². The largest absolute Gasteiger partial charge is 0.487 e. The molecule has 0 atom stereocenters. The molecule has 0 bridgehead atoms. The number of para-hydroxylation sites is 1. The minimum Gasteiger partial charge on any atom is -0.487 e. The van der Waals surface area contributed by atoms with E-state index in [0.717, 1.165) is 33.6 Å². The van der Waals surface area contributed by atoms with Crippen molar-refractivity contribution >= 4 is 11.6 Å². The van der Waals surface area contributed by atoms with Crippen molar-refractivity contribution in [3.63, 3.8) is 0 Å². The Labute approximate surface area is 181 Å². The van der Waals surface area contributed by atoms with Crippen molar-refractivity contribution in [1.29, 1.82) is 0 Å². The Balaban J connectivity index is 1.57. The van der Waals surface area contributed by atoms with Gasteiger partial charge in [-0.05, 0) is 47.9 Å². The molecule has 2 aromatic carbocycles.